The molecule has 3 rings (SSSR count). The summed E-state index contributed by atoms with van der Waals surface area (Å²) < 4.78 is 16.5. The Balaban J connectivity index is 2.21. The Hall–Kier alpha value is -3.52. The summed E-state index contributed by atoms with van der Waals surface area (Å²) in [4.78, 5) is 30.2. The van der Waals surface area contributed by atoms with Crippen molar-refractivity contribution in [1.82, 2.24) is 9.80 Å². The van der Waals surface area contributed by atoms with Crippen molar-refractivity contribution in [3.05, 3.63) is 58.7 Å². The van der Waals surface area contributed by atoms with E-state index in [0.29, 0.717) is 41.5 Å². The van der Waals surface area contributed by atoms with E-state index in [1.807, 2.05) is 32.9 Å². The number of methoxy groups -OCH3 is 3. The van der Waals surface area contributed by atoms with Gasteiger partial charge in [0.25, 0.3) is 11.7 Å². The first-order chi connectivity index (χ1) is 16.8. The van der Waals surface area contributed by atoms with Gasteiger partial charge in [0.1, 0.15) is 5.76 Å². The summed E-state index contributed by atoms with van der Waals surface area (Å²) in [6.07, 6.45) is 0. The molecular weight excluding hydrogens is 448 g/mol. The number of likely N-dealkylation sites (N-methyl/N-ethyl adjacent to an activating group) is 1. The van der Waals surface area contributed by atoms with Gasteiger partial charge in [-0.05, 0) is 37.7 Å². The maximum Gasteiger partial charge on any atom is 0.295 e. The number of amides is 1. The van der Waals surface area contributed by atoms with E-state index in [-0.39, 0.29) is 11.3 Å². The lowest BCUT2D eigenvalue weighted by Gasteiger charge is -2.29. The quantitative estimate of drug-likeness (QED) is 0.313. The Kier molecular flexibility index (Phi) is 8.40. The average molecular weight is 483 g/mol. The third kappa shape index (κ3) is 5.12. The van der Waals surface area contributed by atoms with E-state index >= 15 is 0 Å². The zero-order valence-corrected chi connectivity index (χ0v) is 21.3. The highest BCUT2D eigenvalue weighted by Gasteiger charge is 2.46. The Labute approximate surface area is 206 Å². The van der Waals surface area contributed by atoms with E-state index in [2.05, 4.69) is 4.90 Å². The molecule has 1 aliphatic rings. The maximum absolute atomic E-state index is 13.3. The van der Waals surface area contributed by atoms with Gasteiger partial charge in [-0.2, -0.15) is 0 Å². The Morgan fingerprint density at radius 1 is 0.971 bits per heavy atom. The Bertz CT molecular complexity index is 1080. The van der Waals surface area contributed by atoms with Gasteiger partial charge in [-0.1, -0.05) is 43.7 Å². The summed E-state index contributed by atoms with van der Waals surface area (Å²) >= 11 is 0. The minimum atomic E-state index is -0.819. The fourth-order valence-electron chi connectivity index (χ4n) is 4.37. The molecule has 0 aromatic heterocycles. The van der Waals surface area contributed by atoms with Crippen LogP contribution in [0.5, 0.6) is 17.2 Å². The summed E-state index contributed by atoms with van der Waals surface area (Å²) in [5.74, 6) is -0.395. The van der Waals surface area contributed by atoms with Gasteiger partial charge in [-0.3, -0.25) is 9.59 Å². The number of aryl methyl sites for hydroxylation is 1. The van der Waals surface area contributed by atoms with E-state index < -0.39 is 17.7 Å². The molecule has 35 heavy (non-hydrogen) atoms. The summed E-state index contributed by atoms with van der Waals surface area (Å²) in [5.41, 5.74) is 2.09. The number of rotatable bonds is 10. The molecule has 1 atom stereocenters. The first kappa shape index (κ1) is 26.1. The van der Waals surface area contributed by atoms with Crippen molar-refractivity contribution in [3.63, 3.8) is 0 Å². The lowest BCUT2D eigenvalue weighted by atomic mass is 9.94. The molecule has 1 fully saturated rings. The van der Waals surface area contributed by atoms with Gasteiger partial charge in [-0.25, -0.2) is 0 Å². The van der Waals surface area contributed by atoms with Crippen LogP contribution in [0.3, 0.4) is 0 Å². The van der Waals surface area contributed by atoms with Crippen LogP contribution in [0.1, 0.15) is 36.6 Å². The molecule has 2 aromatic carbocycles. The van der Waals surface area contributed by atoms with Crippen molar-refractivity contribution in [2.45, 2.75) is 26.8 Å². The second-order valence-electron chi connectivity index (χ2n) is 8.34. The Morgan fingerprint density at radius 3 is 2.03 bits per heavy atom. The third-order valence-corrected chi connectivity index (χ3v) is 6.42. The van der Waals surface area contributed by atoms with Gasteiger partial charge >= 0.3 is 0 Å². The number of aliphatic hydroxyl groups excluding tert-OH is 1. The molecule has 1 heterocycles. The fraction of sp³-hybridized carbons (Fsp3) is 0.407. The molecule has 0 radical (unpaired) electrons. The van der Waals surface area contributed by atoms with Gasteiger partial charge in [-0.15, -0.1) is 0 Å². The van der Waals surface area contributed by atoms with Gasteiger partial charge in [0, 0.05) is 18.7 Å². The van der Waals surface area contributed by atoms with Crippen molar-refractivity contribution in [2.75, 3.05) is 47.5 Å². The van der Waals surface area contributed by atoms with Crippen LogP contribution < -0.4 is 14.2 Å². The molecule has 1 N–H and O–H groups in total. The molecule has 188 valence electrons. The normalized spacial score (nSPS) is 17.2. The molecule has 1 aliphatic heterocycles. The van der Waals surface area contributed by atoms with Crippen molar-refractivity contribution < 1.29 is 28.9 Å². The molecule has 2 aromatic rings. The van der Waals surface area contributed by atoms with Crippen molar-refractivity contribution >= 4 is 17.4 Å². The van der Waals surface area contributed by atoms with Crippen molar-refractivity contribution in [1.29, 1.82) is 0 Å². The molecule has 8 heteroatoms. The fourth-order valence-corrected chi connectivity index (χ4v) is 4.37. The SMILES string of the molecule is CCN(CC)CCN1C(=O)C(=O)/C(=C(/O)c2ccc(C)cc2)C1c1cc(OC)c(OC)c(OC)c1. The first-order valence-electron chi connectivity index (χ1n) is 11.7. The Morgan fingerprint density at radius 2 is 1.54 bits per heavy atom. The molecule has 1 amide bonds. The molecular formula is C27H34N2O6. The minimum Gasteiger partial charge on any atom is -0.507 e. The highest BCUT2D eigenvalue weighted by atomic mass is 16.5. The number of carbonyl (C=O) groups excluding carboxylic acids is 2. The molecule has 0 aliphatic carbocycles. The number of nitrogens with zero attached hydrogens (tertiary/aromatic N) is 2. The number of aliphatic hydroxyl groups is 1. The molecule has 0 bridgehead atoms. The molecule has 0 spiro atoms. The molecule has 1 unspecified atom stereocenters. The highest BCUT2D eigenvalue weighted by molar-refractivity contribution is 6.46. The highest BCUT2D eigenvalue weighted by Crippen LogP contribution is 2.45. The second kappa shape index (κ2) is 11.3. The predicted octanol–water partition coefficient (Wildman–Crippen LogP) is 3.78. The number of likely N-dealkylation sites (tertiary alicyclic amines) is 1. The number of hydrogen-bond acceptors (Lipinski definition) is 7. The van der Waals surface area contributed by atoms with E-state index in [4.69, 9.17) is 14.2 Å². The van der Waals surface area contributed by atoms with Crippen LogP contribution in [-0.2, 0) is 9.59 Å². The van der Waals surface area contributed by atoms with Crippen molar-refractivity contribution in [2.24, 2.45) is 0 Å². The number of ketones is 1. The number of ether oxygens (including phenoxy) is 3. The summed E-state index contributed by atoms with van der Waals surface area (Å²) in [7, 11) is 4.52. The smallest absolute Gasteiger partial charge is 0.295 e. The standard InChI is InChI=1S/C27H34N2O6/c1-7-28(8-2)13-14-29-23(19-15-20(33-4)26(35-6)21(16-19)34-5)22(25(31)27(29)32)24(30)18-11-9-17(3)10-12-18/h9-12,15-16,23,30H,7-8,13-14H2,1-6H3/b24-22+. The average Bonchev–Trinajstić information content (AvgIpc) is 3.13. The summed E-state index contributed by atoms with van der Waals surface area (Å²) in [5, 5.41) is 11.3. The number of benzene rings is 2. The van der Waals surface area contributed by atoms with Crippen LogP contribution in [0.25, 0.3) is 5.76 Å². The molecule has 8 nitrogen and oxygen atoms in total. The molecule has 0 saturated carbocycles. The lowest BCUT2D eigenvalue weighted by molar-refractivity contribution is -0.140. The van der Waals surface area contributed by atoms with Gasteiger partial charge in [0.15, 0.2) is 11.5 Å². The summed E-state index contributed by atoms with van der Waals surface area (Å²) in [6, 6.07) is 9.77. The first-order valence-corrected chi connectivity index (χ1v) is 11.7. The monoisotopic (exact) mass is 482 g/mol. The van der Waals surface area contributed by atoms with E-state index in [1.54, 1.807) is 24.3 Å². The van der Waals surface area contributed by atoms with Crippen LogP contribution in [0.2, 0.25) is 0 Å². The molecule has 1 saturated heterocycles. The number of Topliss-reactive ketones (excluding diaryl/α,β-unsaturated/α-hetero) is 1. The lowest BCUT2D eigenvalue weighted by Crippen LogP contribution is -2.38. The predicted molar refractivity (Wildman–Crippen MR) is 134 cm³/mol. The van der Waals surface area contributed by atoms with Crippen LogP contribution in [-0.4, -0.2) is 74.1 Å². The van der Waals surface area contributed by atoms with Crippen LogP contribution in [0.15, 0.2) is 42.0 Å². The zero-order valence-electron chi connectivity index (χ0n) is 21.3. The van der Waals surface area contributed by atoms with Crippen LogP contribution >= 0.6 is 0 Å². The van der Waals surface area contributed by atoms with Crippen LogP contribution in [0.4, 0.5) is 0 Å². The third-order valence-electron chi connectivity index (χ3n) is 6.42. The van der Waals surface area contributed by atoms with Gasteiger partial charge < -0.3 is 29.1 Å². The largest absolute Gasteiger partial charge is 0.507 e. The van der Waals surface area contributed by atoms with Gasteiger partial charge in [0.2, 0.25) is 5.75 Å². The number of carbonyl (C=O) groups is 2. The maximum atomic E-state index is 13.3. The summed E-state index contributed by atoms with van der Waals surface area (Å²) in [6.45, 7) is 8.57. The number of hydrogen-bond donors (Lipinski definition) is 1. The van der Waals surface area contributed by atoms with E-state index in [9.17, 15) is 14.7 Å². The van der Waals surface area contributed by atoms with Crippen LogP contribution in [0, 0.1) is 6.92 Å². The zero-order chi connectivity index (χ0) is 25.7. The van der Waals surface area contributed by atoms with Gasteiger partial charge in [0.05, 0.1) is 32.9 Å². The van der Waals surface area contributed by atoms with E-state index in [0.717, 1.165) is 18.7 Å². The van der Waals surface area contributed by atoms with Crippen molar-refractivity contribution in [3.8, 4) is 17.2 Å². The second-order valence-corrected chi connectivity index (χ2v) is 8.34. The topological polar surface area (TPSA) is 88.5 Å². The van der Waals surface area contributed by atoms with E-state index in [1.165, 1.54) is 26.2 Å². The minimum absolute atomic E-state index is 0.0349.